The van der Waals surface area contributed by atoms with E-state index in [2.05, 4.69) is 50.4 Å². The molecule has 18 heavy (non-hydrogen) atoms. The first-order valence-corrected chi connectivity index (χ1v) is 7.03. The zero-order valence-corrected chi connectivity index (χ0v) is 12.1. The minimum Gasteiger partial charge on any atom is -0.392 e. The zero-order valence-electron chi connectivity index (χ0n) is 12.1. The second-order valence-corrected chi connectivity index (χ2v) is 5.53. The Morgan fingerprint density at radius 1 is 1.11 bits per heavy atom. The van der Waals surface area contributed by atoms with Crippen molar-refractivity contribution in [1.29, 1.82) is 0 Å². The normalized spacial score (nSPS) is 14.8. The van der Waals surface area contributed by atoms with E-state index in [0.29, 0.717) is 18.5 Å². The standard InChI is InChI=1S/C16H27NO/c1-5-16(18)11-17-13(4)15-8-6-14(7-9-15)10-12(2)3/h6-9,12-13,16-18H,5,10-11H2,1-4H3. The number of benzene rings is 1. The van der Waals surface area contributed by atoms with Crippen molar-refractivity contribution in [2.24, 2.45) is 5.92 Å². The fourth-order valence-corrected chi connectivity index (χ4v) is 1.99. The maximum Gasteiger partial charge on any atom is 0.0662 e. The molecule has 1 aromatic rings. The molecule has 2 nitrogen and oxygen atoms in total. The molecule has 0 saturated carbocycles. The molecule has 2 N–H and O–H groups in total. The molecule has 0 radical (unpaired) electrons. The third-order valence-corrected chi connectivity index (χ3v) is 3.25. The van der Waals surface area contributed by atoms with Gasteiger partial charge in [0.2, 0.25) is 0 Å². The van der Waals surface area contributed by atoms with Gasteiger partial charge in [-0.05, 0) is 36.8 Å². The molecule has 102 valence electrons. The minimum absolute atomic E-state index is 0.243. The van der Waals surface area contributed by atoms with Gasteiger partial charge in [0.1, 0.15) is 0 Å². The fourth-order valence-electron chi connectivity index (χ4n) is 1.99. The largest absolute Gasteiger partial charge is 0.392 e. The van der Waals surface area contributed by atoms with Crippen molar-refractivity contribution in [1.82, 2.24) is 5.32 Å². The van der Waals surface area contributed by atoms with Crippen molar-refractivity contribution in [3.05, 3.63) is 35.4 Å². The number of aliphatic hydroxyl groups excluding tert-OH is 1. The molecule has 0 aliphatic heterocycles. The second-order valence-electron chi connectivity index (χ2n) is 5.53. The first kappa shape index (κ1) is 15.2. The van der Waals surface area contributed by atoms with Crippen LogP contribution in [0.5, 0.6) is 0 Å². The summed E-state index contributed by atoms with van der Waals surface area (Å²) in [7, 11) is 0. The summed E-state index contributed by atoms with van der Waals surface area (Å²) in [5.74, 6) is 0.700. The summed E-state index contributed by atoms with van der Waals surface area (Å²) in [6, 6.07) is 9.09. The zero-order chi connectivity index (χ0) is 13.5. The SMILES string of the molecule is CCC(O)CNC(C)c1ccc(CC(C)C)cc1. The second kappa shape index (κ2) is 7.55. The van der Waals surface area contributed by atoms with Gasteiger partial charge in [-0.15, -0.1) is 0 Å². The summed E-state index contributed by atoms with van der Waals surface area (Å²) in [4.78, 5) is 0. The Morgan fingerprint density at radius 2 is 1.72 bits per heavy atom. The van der Waals surface area contributed by atoms with Crippen molar-refractivity contribution >= 4 is 0 Å². The van der Waals surface area contributed by atoms with Crippen LogP contribution >= 0.6 is 0 Å². The lowest BCUT2D eigenvalue weighted by atomic mass is 10.00. The monoisotopic (exact) mass is 249 g/mol. The summed E-state index contributed by atoms with van der Waals surface area (Å²) < 4.78 is 0. The van der Waals surface area contributed by atoms with Crippen LogP contribution in [0.1, 0.15) is 51.3 Å². The van der Waals surface area contributed by atoms with Gasteiger partial charge in [0.05, 0.1) is 6.10 Å². The molecule has 0 aromatic heterocycles. The summed E-state index contributed by atoms with van der Waals surface area (Å²) in [6.07, 6.45) is 1.69. The minimum atomic E-state index is -0.243. The lowest BCUT2D eigenvalue weighted by Crippen LogP contribution is -2.28. The number of hydrogen-bond acceptors (Lipinski definition) is 2. The predicted molar refractivity (Wildman–Crippen MR) is 77.7 cm³/mol. The first-order valence-electron chi connectivity index (χ1n) is 7.03. The van der Waals surface area contributed by atoms with Crippen LogP contribution in [0.15, 0.2) is 24.3 Å². The molecule has 0 bridgehead atoms. The summed E-state index contributed by atoms with van der Waals surface area (Å²) in [5.41, 5.74) is 2.68. The molecule has 2 unspecified atom stereocenters. The molecule has 2 heteroatoms. The Hall–Kier alpha value is -0.860. The molecular formula is C16H27NO. The van der Waals surface area contributed by atoms with Crippen LogP contribution in [0, 0.1) is 5.92 Å². The molecule has 1 aromatic carbocycles. The van der Waals surface area contributed by atoms with E-state index in [9.17, 15) is 5.11 Å². The molecule has 0 aliphatic carbocycles. The van der Waals surface area contributed by atoms with Crippen LogP contribution in [-0.2, 0) is 6.42 Å². The van der Waals surface area contributed by atoms with E-state index in [4.69, 9.17) is 0 Å². The van der Waals surface area contributed by atoms with Gasteiger partial charge in [0.15, 0.2) is 0 Å². The lowest BCUT2D eigenvalue weighted by molar-refractivity contribution is 0.164. The van der Waals surface area contributed by atoms with Crippen LogP contribution < -0.4 is 5.32 Å². The Bertz CT molecular complexity index is 331. The molecule has 0 heterocycles. The molecule has 0 fully saturated rings. The molecule has 2 atom stereocenters. The maximum absolute atomic E-state index is 9.53. The molecule has 0 spiro atoms. The molecule has 1 rings (SSSR count). The molecular weight excluding hydrogens is 222 g/mol. The van der Waals surface area contributed by atoms with Gasteiger partial charge in [0.25, 0.3) is 0 Å². The van der Waals surface area contributed by atoms with Gasteiger partial charge >= 0.3 is 0 Å². The maximum atomic E-state index is 9.53. The van der Waals surface area contributed by atoms with Crippen molar-refractivity contribution < 1.29 is 5.11 Å². The number of nitrogens with one attached hydrogen (secondary N) is 1. The Labute approximate surface area is 111 Å². The Morgan fingerprint density at radius 3 is 2.22 bits per heavy atom. The van der Waals surface area contributed by atoms with Crippen LogP contribution in [0.2, 0.25) is 0 Å². The van der Waals surface area contributed by atoms with E-state index >= 15 is 0 Å². The predicted octanol–water partition coefficient (Wildman–Crippen LogP) is 3.31. The highest BCUT2D eigenvalue weighted by molar-refractivity contribution is 5.25. The van der Waals surface area contributed by atoms with Gasteiger partial charge in [-0.2, -0.15) is 0 Å². The smallest absolute Gasteiger partial charge is 0.0662 e. The van der Waals surface area contributed by atoms with Gasteiger partial charge in [-0.25, -0.2) is 0 Å². The van der Waals surface area contributed by atoms with Gasteiger partial charge in [0, 0.05) is 12.6 Å². The van der Waals surface area contributed by atoms with E-state index in [1.807, 2.05) is 6.92 Å². The Balaban J connectivity index is 2.50. The average molecular weight is 249 g/mol. The lowest BCUT2D eigenvalue weighted by Gasteiger charge is -2.17. The number of hydrogen-bond donors (Lipinski definition) is 2. The quantitative estimate of drug-likeness (QED) is 0.777. The van der Waals surface area contributed by atoms with Crippen molar-refractivity contribution in [2.45, 2.75) is 52.7 Å². The average Bonchev–Trinajstić information content (AvgIpc) is 2.35. The molecule has 0 saturated heterocycles. The summed E-state index contributed by atoms with van der Waals surface area (Å²) >= 11 is 0. The van der Waals surface area contributed by atoms with E-state index < -0.39 is 0 Å². The van der Waals surface area contributed by atoms with Gasteiger partial charge in [-0.3, -0.25) is 0 Å². The number of aliphatic hydroxyl groups is 1. The summed E-state index contributed by atoms with van der Waals surface area (Å²) in [5, 5.41) is 12.9. The third kappa shape index (κ3) is 5.19. The molecule has 0 aliphatic rings. The van der Waals surface area contributed by atoms with Crippen LogP contribution in [-0.4, -0.2) is 17.8 Å². The van der Waals surface area contributed by atoms with Crippen LogP contribution in [0.3, 0.4) is 0 Å². The highest BCUT2D eigenvalue weighted by atomic mass is 16.3. The van der Waals surface area contributed by atoms with E-state index in [1.54, 1.807) is 0 Å². The van der Waals surface area contributed by atoms with E-state index in [1.165, 1.54) is 11.1 Å². The topological polar surface area (TPSA) is 32.3 Å². The molecule has 0 amide bonds. The Kier molecular flexibility index (Phi) is 6.37. The van der Waals surface area contributed by atoms with E-state index in [0.717, 1.165) is 12.8 Å². The third-order valence-electron chi connectivity index (χ3n) is 3.25. The van der Waals surface area contributed by atoms with Crippen molar-refractivity contribution in [2.75, 3.05) is 6.54 Å². The highest BCUT2D eigenvalue weighted by Gasteiger charge is 2.07. The van der Waals surface area contributed by atoms with Crippen LogP contribution in [0.4, 0.5) is 0 Å². The van der Waals surface area contributed by atoms with E-state index in [-0.39, 0.29) is 6.10 Å². The van der Waals surface area contributed by atoms with Crippen molar-refractivity contribution in [3.8, 4) is 0 Å². The highest BCUT2D eigenvalue weighted by Crippen LogP contribution is 2.15. The van der Waals surface area contributed by atoms with Crippen LogP contribution in [0.25, 0.3) is 0 Å². The van der Waals surface area contributed by atoms with Crippen molar-refractivity contribution in [3.63, 3.8) is 0 Å². The fraction of sp³-hybridized carbons (Fsp3) is 0.625. The first-order chi connectivity index (χ1) is 8.52. The summed E-state index contributed by atoms with van der Waals surface area (Å²) in [6.45, 7) is 9.28. The van der Waals surface area contributed by atoms with Gasteiger partial charge < -0.3 is 10.4 Å². The number of rotatable bonds is 7. The van der Waals surface area contributed by atoms with Gasteiger partial charge in [-0.1, -0.05) is 45.0 Å².